The van der Waals surface area contributed by atoms with Gasteiger partial charge in [0.25, 0.3) is 5.91 Å². The van der Waals surface area contributed by atoms with E-state index in [-0.39, 0.29) is 5.91 Å². The number of piperidine rings is 1. The number of nitrogens with zero attached hydrogens (tertiary/aromatic N) is 2. The number of nitrogens with one attached hydrogen (secondary N) is 1. The van der Waals surface area contributed by atoms with Crippen LogP contribution in [-0.2, 0) is 6.54 Å². The molecule has 1 amide bonds. The van der Waals surface area contributed by atoms with Gasteiger partial charge in [-0.15, -0.1) is 0 Å². The summed E-state index contributed by atoms with van der Waals surface area (Å²) in [6.45, 7) is 4.46. The topological polar surface area (TPSA) is 50.3 Å². The third-order valence-corrected chi connectivity index (χ3v) is 6.49. The van der Waals surface area contributed by atoms with Gasteiger partial charge in [-0.1, -0.05) is 18.2 Å². The second-order valence-electron chi connectivity index (χ2n) is 8.05. The molecule has 0 spiro atoms. The lowest BCUT2D eigenvalue weighted by Crippen LogP contribution is -2.38. The Balaban J connectivity index is 1.36. The average Bonchev–Trinajstić information content (AvgIpc) is 3.39. The number of likely N-dealkylation sites (tertiary alicyclic amines) is 1. The third kappa shape index (κ3) is 3.05. The normalized spacial score (nSPS) is 15.2. The van der Waals surface area contributed by atoms with Crippen molar-refractivity contribution in [3.05, 3.63) is 66.0 Å². The fourth-order valence-corrected chi connectivity index (χ4v) is 4.87. The second-order valence-corrected chi connectivity index (χ2v) is 8.05. The van der Waals surface area contributed by atoms with Crippen LogP contribution in [0.3, 0.4) is 0 Å². The maximum absolute atomic E-state index is 13.3. The number of rotatable bonds is 4. The zero-order chi connectivity index (χ0) is 20.7. The number of hydrogen-bond acceptors (Lipinski definition) is 2. The van der Waals surface area contributed by atoms with Gasteiger partial charge in [0, 0.05) is 47.6 Å². The third-order valence-electron chi connectivity index (χ3n) is 6.49. The summed E-state index contributed by atoms with van der Waals surface area (Å²) in [5.41, 5.74) is 4.40. The van der Waals surface area contributed by atoms with E-state index in [0.29, 0.717) is 5.92 Å². The molecule has 1 fully saturated rings. The number of methoxy groups -OCH3 is 1. The van der Waals surface area contributed by atoms with Crippen LogP contribution in [0.15, 0.2) is 54.7 Å². The first-order valence-electron chi connectivity index (χ1n) is 10.7. The van der Waals surface area contributed by atoms with Crippen LogP contribution in [0.5, 0.6) is 5.75 Å². The van der Waals surface area contributed by atoms with E-state index in [1.54, 1.807) is 7.11 Å². The molecular weight excluding hydrogens is 374 g/mol. The van der Waals surface area contributed by atoms with Crippen molar-refractivity contribution in [1.29, 1.82) is 0 Å². The summed E-state index contributed by atoms with van der Waals surface area (Å²) in [7, 11) is 1.70. The van der Waals surface area contributed by atoms with E-state index in [1.165, 1.54) is 10.9 Å². The van der Waals surface area contributed by atoms with E-state index < -0.39 is 0 Å². The van der Waals surface area contributed by atoms with Gasteiger partial charge in [-0.3, -0.25) is 4.79 Å². The standard InChI is InChI=1S/C25H27N3O2/c1-3-28-23-7-5-4-6-18(23)14-24(28)25(29)27-12-10-17(11-13-27)21-16-26-22-9-8-19(30-2)15-20(21)22/h4-9,14-17,26H,3,10-13H2,1-2H3. The molecule has 5 rings (SSSR count). The zero-order valence-electron chi connectivity index (χ0n) is 17.5. The van der Waals surface area contributed by atoms with E-state index >= 15 is 0 Å². The fourth-order valence-electron chi connectivity index (χ4n) is 4.87. The van der Waals surface area contributed by atoms with Gasteiger partial charge < -0.3 is 19.2 Å². The highest BCUT2D eigenvalue weighted by Crippen LogP contribution is 2.35. The summed E-state index contributed by atoms with van der Waals surface area (Å²) in [5.74, 6) is 1.47. The van der Waals surface area contributed by atoms with Crippen molar-refractivity contribution in [2.24, 2.45) is 0 Å². The Morgan fingerprint density at radius 2 is 1.93 bits per heavy atom. The van der Waals surface area contributed by atoms with Gasteiger partial charge in [-0.25, -0.2) is 0 Å². The monoisotopic (exact) mass is 401 g/mol. The number of aromatic amines is 1. The van der Waals surface area contributed by atoms with Crippen molar-refractivity contribution in [2.45, 2.75) is 32.2 Å². The highest BCUT2D eigenvalue weighted by Gasteiger charge is 2.28. The number of aryl methyl sites for hydroxylation is 1. The Bertz CT molecular complexity index is 1210. The number of aromatic nitrogens is 2. The minimum absolute atomic E-state index is 0.145. The van der Waals surface area contributed by atoms with Crippen molar-refractivity contribution in [2.75, 3.05) is 20.2 Å². The molecule has 30 heavy (non-hydrogen) atoms. The van der Waals surface area contributed by atoms with E-state index in [1.807, 2.05) is 29.2 Å². The largest absolute Gasteiger partial charge is 0.497 e. The second kappa shape index (κ2) is 7.56. The van der Waals surface area contributed by atoms with E-state index in [4.69, 9.17) is 4.74 Å². The number of carbonyl (C=O) groups excluding carboxylic acids is 1. The molecule has 2 aromatic carbocycles. The Labute approximate surface area is 176 Å². The van der Waals surface area contributed by atoms with Crippen molar-refractivity contribution in [1.82, 2.24) is 14.5 Å². The molecular formula is C25H27N3O2. The zero-order valence-corrected chi connectivity index (χ0v) is 17.5. The number of benzene rings is 2. The summed E-state index contributed by atoms with van der Waals surface area (Å²) in [5, 5.41) is 2.36. The lowest BCUT2D eigenvalue weighted by atomic mass is 9.89. The summed E-state index contributed by atoms with van der Waals surface area (Å²) in [6.07, 6.45) is 4.08. The number of fused-ring (bicyclic) bond motifs is 2. The van der Waals surface area contributed by atoms with Crippen LogP contribution in [-0.4, -0.2) is 40.6 Å². The number of ether oxygens (including phenoxy) is 1. The highest BCUT2D eigenvalue weighted by atomic mass is 16.5. The molecule has 0 aliphatic carbocycles. The predicted molar refractivity (Wildman–Crippen MR) is 120 cm³/mol. The molecule has 2 aromatic heterocycles. The summed E-state index contributed by atoms with van der Waals surface area (Å²) in [6, 6.07) is 16.4. The summed E-state index contributed by atoms with van der Waals surface area (Å²) in [4.78, 5) is 18.7. The Morgan fingerprint density at radius 1 is 1.13 bits per heavy atom. The molecule has 5 nitrogen and oxygen atoms in total. The van der Waals surface area contributed by atoms with Gasteiger partial charge in [0.05, 0.1) is 7.11 Å². The van der Waals surface area contributed by atoms with Crippen LogP contribution in [0.1, 0.15) is 41.7 Å². The number of hydrogen-bond donors (Lipinski definition) is 1. The van der Waals surface area contributed by atoms with Crippen LogP contribution in [0.2, 0.25) is 0 Å². The molecule has 1 aliphatic rings. The maximum atomic E-state index is 13.3. The van der Waals surface area contributed by atoms with Crippen molar-refractivity contribution in [3.63, 3.8) is 0 Å². The molecule has 1 aliphatic heterocycles. The Hall–Kier alpha value is -3.21. The first-order chi connectivity index (χ1) is 14.7. The molecule has 154 valence electrons. The highest BCUT2D eigenvalue weighted by molar-refractivity contribution is 5.99. The maximum Gasteiger partial charge on any atom is 0.270 e. The van der Waals surface area contributed by atoms with Crippen LogP contribution in [0.25, 0.3) is 21.8 Å². The molecule has 0 atom stereocenters. The molecule has 1 saturated heterocycles. The molecule has 4 aromatic rings. The first kappa shape index (κ1) is 18.8. The van der Waals surface area contributed by atoms with Crippen LogP contribution in [0.4, 0.5) is 0 Å². The average molecular weight is 402 g/mol. The predicted octanol–water partition coefficient (Wildman–Crippen LogP) is 5.17. The van der Waals surface area contributed by atoms with Crippen molar-refractivity contribution in [3.8, 4) is 5.75 Å². The Kier molecular flexibility index (Phi) is 4.74. The summed E-state index contributed by atoms with van der Waals surface area (Å²) >= 11 is 0. The van der Waals surface area contributed by atoms with Gasteiger partial charge in [-0.05, 0) is 61.6 Å². The number of amides is 1. The van der Waals surface area contributed by atoms with E-state index in [9.17, 15) is 4.79 Å². The Morgan fingerprint density at radius 3 is 2.70 bits per heavy atom. The quantitative estimate of drug-likeness (QED) is 0.513. The number of para-hydroxylation sites is 1. The van der Waals surface area contributed by atoms with Crippen molar-refractivity contribution < 1.29 is 9.53 Å². The minimum Gasteiger partial charge on any atom is -0.497 e. The number of carbonyl (C=O) groups is 1. The van der Waals surface area contributed by atoms with Gasteiger partial charge in [0.1, 0.15) is 11.4 Å². The van der Waals surface area contributed by atoms with Gasteiger partial charge in [0.2, 0.25) is 0 Å². The first-order valence-corrected chi connectivity index (χ1v) is 10.7. The number of H-pyrrole nitrogens is 1. The molecule has 0 unspecified atom stereocenters. The van der Waals surface area contributed by atoms with Gasteiger partial charge in [-0.2, -0.15) is 0 Å². The smallest absolute Gasteiger partial charge is 0.270 e. The SMILES string of the molecule is CCn1c(C(=O)N2CCC(c3c[nH]c4ccc(OC)cc34)CC2)cc2ccccc21. The molecule has 3 heterocycles. The molecule has 0 radical (unpaired) electrons. The van der Waals surface area contributed by atoms with E-state index in [2.05, 4.69) is 46.9 Å². The molecule has 0 bridgehead atoms. The van der Waals surface area contributed by atoms with Crippen LogP contribution in [0, 0.1) is 0 Å². The molecule has 1 N–H and O–H groups in total. The van der Waals surface area contributed by atoms with Crippen LogP contribution < -0.4 is 4.74 Å². The van der Waals surface area contributed by atoms with Gasteiger partial charge >= 0.3 is 0 Å². The lowest BCUT2D eigenvalue weighted by Gasteiger charge is -2.32. The van der Waals surface area contributed by atoms with E-state index in [0.717, 1.165) is 60.3 Å². The fraction of sp³-hybridized carbons (Fsp3) is 0.320. The van der Waals surface area contributed by atoms with Crippen molar-refractivity contribution >= 4 is 27.7 Å². The van der Waals surface area contributed by atoms with Gasteiger partial charge in [0.15, 0.2) is 0 Å². The van der Waals surface area contributed by atoms with Crippen LogP contribution >= 0.6 is 0 Å². The molecule has 5 heteroatoms. The lowest BCUT2D eigenvalue weighted by molar-refractivity contribution is 0.0703. The summed E-state index contributed by atoms with van der Waals surface area (Å²) < 4.78 is 7.54. The molecule has 0 saturated carbocycles. The minimum atomic E-state index is 0.145.